The highest BCUT2D eigenvalue weighted by molar-refractivity contribution is 5.92. The van der Waals surface area contributed by atoms with Crippen molar-refractivity contribution in [3.05, 3.63) is 29.8 Å². The fraction of sp³-hybridized carbons (Fsp3) is 0.579. The van der Waals surface area contributed by atoms with Gasteiger partial charge in [0.15, 0.2) is 0 Å². The van der Waals surface area contributed by atoms with Crippen LogP contribution < -0.4 is 5.32 Å². The van der Waals surface area contributed by atoms with Gasteiger partial charge in [-0.1, -0.05) is 39.8 Å². The largest absolute Gasteiger partial charge is 0.394 e. The number of aliphatic hydroxyl groups excluding tert-OH is 1. The molecule has 0 unspecified atom stereocenters. The minimum atomic E-state index is -0.403. The third-order valence-corrected chi connectivity index (χ3v) is 4.24. The molecule has 2 rings (SSSR count). The molecule has 1 saturated heterocycles. The fourth-order valence-corrected chi connectivity index (χ4v) is 2.89. The van der Waals surface area contributed by atoms with Gasteiger partial charge < -0.3 is 20.1 Å². The molecular weight excluding hydrogens is 320 g/mol. The molecule has 6 nitrogen and oxygen atoms in total. The number of morpholine rings is 1. The topological polar surface area (TPSA) is 78.9 Å². The van der Waals surface area contributed by atoms with E-state index in [1.54, 1.807) is 4.90 Å². The maximum absolute atomic E-state index is 12.2. The lowest BCUT2D eigenvalue weighted by atomic mass is 9.98. The molecule has 6 heteroatoms. The molecule has 0 saturated carbocycles. The molecule has 25 heavy (non-hydrogen) atoms. The Kier molecular flexibility index (Phi) is 6.56. The average Bonchev–Trinajstić information content (AvgIpc) is 2.57. The Morgan fingerprint density at radius 1 is 1.28 bits per heavy atom. The number of aliphatic hydroxyl groups is 1. The zero-order valence-electron chi connectivity index (χ0n) is 15.4. The predicted molar refractivity (Wildman–Crippen MR) is 96.0 cm³/mol. The van der Waals surface area contributed by atoms with Crippen LogP contribution in [-0.4, -0.2) is 47.6 Å². The van der Waals surface area contributed by atoms with Crippen molar-refractivity contribution in [1.82, 2.24) is 4.90 Å². The summed E-state index contributed by atoms with van der Waals surface area (Å²) >= 11 is 0. The van der Waals surface area contributed by atoms with Crippen LogP contribution in [0.2, 0.25) is 0 Å². The summed E-state index contributed by atoms with van der Waals surface area (Å²) < 4.78 is 5.71. The predicted octanol–water partition coefficient (Wildman–Crippen LogP) is 2.20. The number of anilines is 1. The van der Waals surface area contributed by atoms with E-state index in [9.17, 15) is 14.7 Å². The van der Waals surface area contributed by atoms with Gasteiger partial charge in [-0.3, -0.25) is 9.59 Å². The Balaban J connectivity index is 2.16. The minimum Gasteiger partial charge on any atom is -0.394 e. The molecule has 0 bridgehead atoms. The second kappa shape index (κ2) is 8.45. The van der Waals surface area contributed by atoms with E-state index in [1.807, 2.05) is 52.0 Å². The van der Waals surface area contributed by atoms with Gasteiger partial charge in [-0.25, -0.2) is 0 Å². The van der Waals surface area contributed by atoms with E-state index in [2.05, 4.69) is 5.32 Å². The zero-order valence-corrected chi connectivity index (χ0v) is 15.4. The summed E-state index contributed by atoms with van der Waals surface area (Å²) in [5.41, 5.74) is 1.59. The van der Waals surface area contributed by atoms with Gasteiger partial charge in [-0.05, 0) is 23.6 Å². The molecule has 1 heterocycles. The molecule has 138 valence electrons. The molecule has 1 aromatic carbocycles. The summed E-state index contributed by atoms with van der Waals surface area (Å²) in [4.78, 5) is 25.6. The van der Waals surface area contributed by atoms with Gasteiger partial charge >= 0.3 is 0 Å². The highest BCUT2D eigenvalue weighted by atomic mass is 16.5. The van der Waals surface area contributed by atoms with Gasteiger partial charge in [0.25, 0.3) is 0 Å². The van der Waals surface area contributed by atoms with E-state index in [0.29, 0.717) is 18.2 Å². The number of nitrogens with zero attached hydrogens (tertiary/aromatic N) is 1. The Morgan fingerprint density at radius 2 is 1.92 bits per heavy atom. The van der Waals surface area contributed by atoms with Crippen molar-refractivity contribution in [2.45, 2.75) is 39.8 Å². The lowest BCUT2D eigenvalue weighted by molar-refractivity contribution is -0.161. The standard InChI is InChI=1S/C19H28N2O4/c1-12(2)9-21-16(10-22)18(25-11-17(21)23)14-5-7-15(8-6-14)20-19(24)13(3)4/h5-8,12-13,16,18,22H,9-11H2,1-4H3,(H,20,24)/t16-,18-/m1/s1. The van der Waals surface area contributed by atoms with Gasteiger partial charge in [0.05, 0.1) is 12.6 Å². The normalized spacial score (nSPS) is 21.1. The summed E-state index contributed by atoms with van der Waals surface area (Å²) in [6.07, 6.45) is -0.378. The average molecular weight is 348 g/mol. The van der Waals surface area contributed by atoms with Crippen molar-refractivity contribution >= 4 is 17.5 Å². The van der Waals surface area contributed by atoms with Crippen LogP contribution >= 0.6 is 0 Å². The lowest BCUT2D eigenvalue weighted by Gasteiger charge is -2.41. The van der Waals surface area contributed by atoms with Crippen LogP contribution in [-0.2, 0) is 14.3 Å². The van der Waals surface area contributed by atoms with E-state index < -0.39 is 6.04 Å². The van der Waals surface area contributed by atoms with Crippen molar-refractivity contribution in [3.8, 4) is 0 Å². The minimum absolute atomic E-state index is 0.0136. The number of ether oxygens (including phenoxy) is 1. The highest BCUT2D eigenvalue weighted by Gasteiger charge is 2.37. The smallest absolute Gasteiger partial charge is 0.249 e. The first-order chi connectivity index (χ1) is 11.8. The molecule has 1 aliphatic heterocycles. The van der Waals surface area contributed by atoms with Gasteiger partial charge in [0.2, 0.25) is 11.8 Å². The molecule has 0 radical (unpaired) electrons. The maximum Gasteiger partial charge on any atom is 0.249 e. The van der Waals surface area contributed by atoms with Crippen molar-refractivity contribution < 1.29 is 19.4 Å². The molecule has 2 atom stereocenters. The van der Waals surface area contributed by atoms with E-state index >= 15 is 0 Å². The zero-order chi connectivity index (χ0) is 18.6. The van der Waals surface area contributed by atoms with Crippen LogP contribution in [0.3, 0.4) is 0 Å². The Bertz CT molecular complexity index is 598. The number of amides is 2. The molecular formula is C19H28N2O4. The number of carbonyl (C=O) groups excluding carboxylic acids is 2. The monoisotopic (exact) mass is 348 g/mol. The van der Waals surface area contributed by atoms with Gasteiger partial charge in [-0.15, -0.1) is 0 Å². The molecule has 1 aromatic rings. The number of nitrogens with one attached hydrogen (secondary N) is 1. The SMILES string of the molecule is CC(C)CN1C(=O)CO[C@H](c2ccc(NC(=O)C(C)C)cc2)[C@H]1CO. The van der Waals surface area contributed by atoms with Crippen LogP contribution in [0.4, 0.5) is 5.69 Å². The number of hydrogen-bond acceptors (Lipinski definition) is 4. The summed E-state index contributed by atoms with van der Waals surface area (Å²) in [7, 11) is 0. The quantitative estimate of drug-likeness (QED) is 0.826. The van der Waals surface area contributed by atoms with Crippen molar-refractivity contribution in [3.63, 3.8) is 0 Å². The van der Waals surface area contributed by atoms with Crippen molar-refractivity contribution in [2.75, 3.05) is 25.1 Å². The summed E-state index contributed by atoms with van der Waals surface area (Å²) in [6.45, 7) is 8.20. The second-order valence-corrected chi connectivity index (χ2v) is 7.19. The van der Waals surface area contributed by atoms with Crippen molar-refractivity contribution in [1.29, 1.82) is 0 Å². The number of rotatable bonds is 6. The number of hydrogen-bond donors (Lipinski definition) is 2. The Hall–Kier alpha value is -1.92. The highest BCUT2D eigenvalue weighted by Crippen LogP contribution is 2.30. The summed E-state index contributed by atoms with van der Waals surface area (Å²) in [5.74, 6) is 0.0922. The van der Waals surface area contributed by atoms with Crippen molar-refractivity contribution in [2.24, 2.45) is 11.8 Å². The molecule has 1 fully saturated rings. The van der Waals surface area contributed by atoms with Gasteiger partial charge in [-0.2, -0.15) is 0 Å². The lowest BCUT2D eigenvalue weighted by Crippen LogP contribution is -2.53. The Morgan fingerprint density at radius 3 is 2.44 bits per heavy atom. The molecule has 2 N–H and O–H groups in total. The van der Waals surface area contributed by atoms with Crippen LogP contribution in [0.25, 0.3) is 0 Å². The second-order valence-electron chi connectivity index (χ2n) is 7.19. The first-order valence-electron chi connectivity index (χ1n) is 8.76. The van der Waals surface area contributed by atoms with E-state index in [0.717, 1.165) is 5.56 Å². The summed E-state index contributed by atoms with van der Waals surface area (Å²) in [6, 6.07) is 6.96. The number of carbonyl (C=O) groups is 2. The Labute approximate surface area is 149 Å². The molecule has 1 aliphatic rings. The van der Waals surface area contributed by atoms with E-state index in [1.165, 1.54) is 0 Å². The first kappa shape index (κ1) is 19.4. The van der Waals surface area contributed by atoms with Crippen LogP contribution in [0.1, 0.15) is 39.4 Å². The molecule has 0 spiro atoms. The van der Waals surface area contributed by atoms with Crippen LogP contribution in [0.5, 0.6) is 0 Å². The third kappa shape index (κ3) is 4.80. The molecule has 2 amide bonds. The number of benzene rings is 1. The summed E-state index contributed by atoms with van der Waals surface area (Å²) in [5, 5.41) is 12.7. The van der Waals surface area contributed by atoms with Crippen LogP contribution in [0.15, 0.2) is 24.3 Å². The first-order valence-corrected chi connectivity index (χ1v) is 8.76. The van der Waals surface area contributed by atoms with E-state index in [4.69, 9.17) is 4.74 Å². The van der Waals surface area contributed by atoms with Gasteiger partial charge in [0, 0.05) is 18.2 Å². The maximum atomic E-state index is 12.2. The third-order valence-electron chi connectivity index (χ3n) is 4.24. The van der Waals surface area contributed by atoms with Crippen LogP contribution in [0, 0.1) is 11.8 Å². The van der Waals surface area contributed by atoms with E-state index in [-0.39, 0.29) is 37.0 Å². The van der Waals surface area contributed by atoms with Gasteiger partial charge in [0.1, 0.15) is 12.7 Å². The molecule has 0 aromatic heterocycles. The fourth-order valence-electron chi connectivity index (χ4n) is 2.89. The molecule has 0 aliphatic carbocycles.